The van der Waals surface area contributed by atoms with Crippen LogP contribution in [-0.2, 0) is 56.2 Å². The van der Waals surface area contributed by atoms with Crippen LogP contribution < -0.4 is 43.8 Å². The van der Waals surface area contributed by atoms with Crippen LogP contribution in [0.5, 0.6) is 0 Å². The van der Waals surface area contributed by atoms with Gasteiger partial charge in [-0.1, -0.05) is 52.0 Å². The van der Waals surface area contributed by atoms with Crippen LogP contribution in [0.4, 0.5) is 25.8 Å². The van der Waals surface area contributed by atoms with Crippen LogP contribution in [0.15, 0.2) is 48.5 Å². The molecule has 0 fully saturated rings. The molecule has 0 aliphatic carbocycles. The van der Waals surface area contributed by atoms with Crippen molar-refractivity contribution >= 4 is 64.8 Å². The van der Waals surface area contributed by atoms with Gasteiger partial charge in [0.2, 0.25) is 11.8 Å². The molecule has 0 bridgehead atoms. The summed E-state index contributed by atoms with van der Waals surface area (Å²) in [7, 11) is 0. The van der Waals surface area contributed by atoms with Gasteiger partial charge in [-0.05, 0) is 93.7 Å². The molecule has 4 atom stereocenters. The maximum Gasteiger partial charge on any atom is 0.408 e. The molecule has 2 rings (SSSR count). The monoisotopic (exact) mass is 941 g/mol. The number of primary amides is 2. The number of benzene rings is 2. The lowest BCUT2D eigenvalue weighted by molar-refractivity contribution is -0.143. The minimum absolute atomic E-state index is 0.0201. The zero-order chi connectivity index (χ0) is 50.9. The summed E-state index contributed by atoms with van der Waals surface area (Å²) in [6.45, 7) is 16.0. The highest BCUT2D eigenvalue weighted by atomic mass is 16.6. The van der Waals surface area contributed by atoms with Crippen LogP contribution in [0.2, 0.25) is 0 Å². The molecule has 372 valence electrons. The number of urea groups is 2. The van der Waals surface area contributed by atoms with Crippen LogP contribution in [0.1, 0.15) is 112 Å². The Hall–Kier alpha value is -6.57. The summed E-state index contributed by atoms with van der Waals surface area (Å²) < 4.78 is 15.2. The number of hydrogen-bond acceptors (Lipinski definition) is 13. The maximum absolute atomic E-state index is 13.2. The molecule has 2 aromatic rings. The molecule has 67 heavy (non-hydrogen) atoms. The lowest BCUT2D eigenvalue weighted by Crippen LogP contribution is -2.47. The van der Waals surface area contributed by atoms with E-state index < -0.39 is 53.6 Å². The second-order valence-corrected chi connectivity index (χ2v) is 17.7. The topological polar surface area (TPSA) is 320 Å². The number of amides is 7. The van der Waals surface area contributed by atoms with Crippen molar-refractivity contribution < 1.29 is 57.4 Å². The van der Waals surface area contributed by atoms with E-state index in [1.165, 1.54) is 13.8 Å². The van der Waals surface area contributed by atoms with Crippen LogP contribution >= 0.6 is 0 Å². The summed E-state index contributed by atoms with van der Waals surface area (Å²) in [6.07, 6.45) is 0.804. The first kappa shape index (κ1) is 58.4. The maximum atomic E-state index is 13.2. The molecule has 7 amide bonds. The van der Waals surface area contributed by atoms with Crippen LogP contribution in [-0.4, -0.2) is 84.2 Å². The summed E-state index contributed by atoms with van der Waals surface area (Å²) in [5, 5.41) is 13.2. The number of nitrogens with one attached hydrogen (secondary N) is 5. The summed E-state index contributed by atoms with van der Waals surface area (Å²) in [5.41, 5.74) is 18.0. The third kappa shape index (κ3) is 26.2. The van der Waals surface area contributed by atoms with Gasteiger partial charge in [-0.3, -0.25) is 28.8 Å². The molecule has 0 saturated carbocycles. The number of carbonyl (C=O) groups excluding carboxylic acids is 9. The molecule has 0 heterocycles. The van der Waals surface area contributed by atoms with E-state index >= 15 is 0 Å². The number of nitrogens with two attached hydrogens (primary N) is 3. The predicted octanol–water partition coefficient (Wildman–Crippen LogP) is 4.96. The van der Waals surface area contributed by atoms with E-state index in [1.54, 1.807) is 83.1 Å². The number of esters is 2. The van der Waals surface area contributed by atoms with Crippen molar-refractivity contribution in [1.29, 1.82) is 0 Å². The minimum atomic E-state index is -0.838. The van der Waals surface area contributed by atoms with Crippen LogP contribution in [0.3, 0.4) is 0 Å². The molecule has 0 saturated heterocycles. The van der Waals surface area contributed by atoms with Gasteiger partial charge in [0.05, 0.1) is 12.1 Å². The number of ether oxygens (including phenoxy) is 3. The van der Waals surface area contributed by atoms with Crippen molar-refractivity contribution in [2.24, 2.45) is 40.9 Å². The average Bonchev–Trinajstić information content (AvgIpc) is 3.23. The highest BCUT2D eigenvalue weighted by Gasteiger charge is 2.31. The van der Waals surface area contributed by atoms with Crippen molar-refractivity contribution in [3.63, 3.8) is 0 Å². The fraction of sp³-hybridized carbons (Fsp3) is 0.553. The fourth-order valence-corrected chi connectivity index (χ4v) is 6.17. The Bertz CT molecular complexity index is 1950. The van der Waals surface area contributed by atoms with E-state index in [2.05, 4.69) is 26.6 Å². The van der Waals surface area contributed by atoms with Crippen molar-refractivity contribution in [2.45, 2.75) is 132 Å². The number of ketones is 2. The second kappa shape index (κ2) is 29.9. The van der Waals surface area contributed by atoms with E-state index in [0.717, 1.165) is 11.1 Å². The molecule has 0 aromatic heterocycles. The molecule has 0 radical (unpaired) electrons. The molecule has 20 nitrogen and oxygen atoms in total. The van der Waals surface area contributed by atoms with Gasteiger partial charge in [0.25, 0.3) is 0 Å². The number of Topliss-reactive ketones (excluding diaryl/α,β-unsaturated/α-hetero) is 2. The van der Waals surface area contributed by atoms with Crippen molar-refractivity contribution in [2.75, 3.05) is 23.7 Å². The Kier molecular flexibility index (Phi) is 26.0. The standard InChI is InChI=1S/C26H40N4O7.C21H32N4O5/c1-16(2)22(30-25(35)37-26(4,5)6)21(32)14-19(8-7-13-28-24(27)34)23(33)29-20-11-9-18(10-12-20)15-36-17(3)31;1-13(2)19(22)18(27)11-16(5-4-10-24-21(23)29)20(28)25-17-8-6-15(7-9-17)12-30-14(3)26/h9-12,16,19,22H,7-8,13-15H2,1-6H3,(H,29,33)(H,30,35)(H3,27,28,34);6-9,13,16,19H,4-5,10-12,22H2,1-3H3,(H,25,28)(H3,23,24,29)/t19-,22+;16-,19+/m11/s1. The highest BCUT2D eigenvalue weighted by Crippen LogP contribution is 2.21. The van der Waals surface area contributed by atoms with Crippen molar-refractivity contribution in [1.82, 2.24) is 16.0 Å². The molecular formula is C47H72N8O12. The quantitative estimate of drug-likeness (QED) is 0.0371. The Morgan fingerprint density at radius 1 is 0.597 bits per heavy atom. The third-order valence-corrected chi connectivity index (χ3v) is 9.80. The number of alkyl carbamates (subject to hydrolysis) is 1. The number of anilines is 2. The molecular weight excluding hydrogens is 869 g/mol. The van der Waals surface area contributed by atoms with E-state index in [0.29, 0.717) is 43.6 Å². The molecule has 0 aliphatic rings. The second-order valence-electron chi connectivity index (χ2n) is 17.7. The lowest BCUT2D eigenvalue weighted by atomic mass is 9.89. The number of rotatable bonds is 25. The van der Waals surface area contributed by atoms with Gasteiger partial charge >= 0.3 is 30.1 Å². The van der Waals surface area contributed by atoms with E-state index in [9.17, 15) is 43.2 Å². The van der Waals surface area contributed by atoms with Crippen molar-refractivity contribution in [3.05, 3.63) is 59.7 Å². The van der Waals surface area contributed by atoms with Gasteiger partial charge in [0.1, 0.15) is 18.8 Å². The molecule has 20 heteroatoms. The molecule has 11 N–H and O–H groups in total. The first-order valence-electron chi connectivity index (χ1n) is 22.2. The first-order chi connectivity index (χ1) is 31.3. The Balaban J connectivity index is 0.000000685. The van der Waals surface area contributed by atoms with E-state index in [1.807, 2.05) is 13.8 Å². The summed E-state index contributed by atoms with van der Waals surface area (Å²) in [5.74, 6) is -3.48. The predicted molar refractivity (Wildman–Crippen MR) is 252 cm³/mol. The summed E-state index contributed by atoms with van der Waals surface area (Å²) in [4.78, 5) is 107. The van der Waals surface area contributed by atoms with Gasteiger partial charge in [0, 0.05) is 63.0 Å². The molecule has 2 aromatic carbocycles. The normalized spacial score (nSPS) is 12.7. The van der Waals surface area contributed by atoms with Crippen molar-refractivity contribution in [3.8, 4) is 0 Å². The van der Waals surface area contributed by atoms with Gasteiger partial charge in [-0.25, -0.2) is 14.4 Å². The Labute approximate surface area is 393 Å². The lowest BCUT2D eigenvalue weighted by Gasteiger charge is -2.26. The van der Waals surface area contributed by atoms with Gasteiger partial charge in [0.15, 0.2) is 11.6 Å². The molecule has 0 aliphatic heterocycles. The zero-order valence-electron chi connectivity index (χ0n) is 40.3. The van der Waals surface area contributed by atoms with Gasteiger partial charge in [-0.15, -0.1) is 0 Å². The molecule has 0 spiro atoms. The SMILES string of the molecule is CC(=O)OCc1ccc(NC(=O)[C@H](CCCNC(N)=O)CC(=O)[C@@H](N)C(C)C)cc1.CC(=O)OCc1ccc(NC(=O)[C@H](CCCNC(N)=O)CC(=O)[C@@H](NC(=O)OC(C)(C)C)C(C)C)cc1. The Morgan fingerprint density at radius 3 is 1.31 bits per heavy atom. The minimum Gasteiger partial charge on any atom is -0.461 e. The summed E-state index contributed by atoms with van der Waals surface area (Å²) >= 11 is 0. The van der Waals surface area contributed by atoms with Crippen LogP contribution in [0, 0.1) is 23.7 Å². The van der Waals surface area contributed by atoms with Gasteiger partial charge < -0.3 is 58.0 Å². The highest BCUT2D eigenvalue weighted by molar-refractivity contribution is 5.98. The van der Waals surface area contributed by atoms with Gasteiger partial charge in [-0.2, -0.15) is 0 Å². The fourth-order valence-electron chi connectivity index (χ4n) is 6.17. The molecule has 0 unspecified atom stereocenters. The largest absolute Gasteiger partial charge is 0.461 e. The first-order valence-corrected chi connectivity index (χ1v) is 22.2. The smallest absolute Gasteiger partial charge is 0.408 e. The Morgan fingerprint density at radius 2 is 0.985 bits per heavy atom. The van der Waals surface area contributed by atoms with Crippen LogP contribution in [0.25, 0.3) is 0 Å². The summed E-state index contributed by atoms with van der Waals surface area (Å²) in [6, 6.07) is 10.9. The van der Waals surface area contributed by atoms with E-state index in [-0.39, 0.29) is 73.8 Å². The zero-order valence-corrected chi connectivity index (χ0v) is 40.3. The third-order valence-electron chi connectivity index (χ3n) is 9.80. The number of hydrogen-bond donors (Lipinski definition) is 8. The average molecular weight is 941 g/mol. The number of carbonyl (C=O) groups is 9. The van der Waals surface area contributed by atoms with E-state index in [4.69, 9.17) is 31.4 Å².